The second-order valence-corrected chi connectivity index (χ2v) is 3.03. The second-order valence-electron chi connectivity index (χ2n) is 3.03. The lowest BCUT2D eigenvalue weighted by molar-refractivity contribution is 0.745. The van der Waals surface area contributed by atoms with E-state index in [0.717, 1.165) is 6.54 Å². The Bertz CT molecular complexity index is 185. The summed E-state index contributed by atoms with van der Waals surface area (Å²) in [6.07, 6.45) is 7.94. The van der Waals surface area contributed by atoms with Crippen molar-refractivity contribution in [3.63, 3.8) is 0 Å². The molecule has 0 bridgehead atoms. The first kappa shape index (κ1) is 11.2. The number of rotatable bonds is 4. The first-order valence-corrected chi connectivity index (χ1v) is 4.48. The van der Waals surface area contributed by atoms with E-state index in [1.807, 2.05) is 25.3 Å². The summed E-state index contributed by atoms with van der Waals surface area (Å²) in [5.41, 5.74) is 1.40. The Balaban J connectivity index is 3.90. The van der Waals surface area contributed by atoms with Crippen LogP contribution in [0.5, 0.6) is 0 Å². The largest absolute Gasteiger partial charge is 0.289 e. The monoisotopic (exact) mass is 165 g/mol. The first-order valence-electron chi connectivity index (χ1n) is 4.48. The highest BCUT2D eigenvalue weighted by atomic mass is 14.7. The van der Waals surface area contributed by atoms with Crippen LogP contribution in [0.1, 0.15) is 27.7 Å². The molecule has 0 aliphatic carbocycles. The molecule has 1 heteroatoms. The zero-order chi connectivity index (χ0) is 9.40. The molecule has 0 amide bonds. The van der Waals surface area contributed by atoms with E-state index in [4.69, 9.17) is 0 Å². The fourth-order valence-corrected chi connectivity index (χ4v) is 0.912. The van der Waals surface area contributed by atoms with Gasteiger partial charge in [-0.25, -0.2) is 0 Å². The third-order valence-electron chi connectivity index (χ3n) is 1.77. The lowest BCUT2D eigenvalue weighted by Crippen LogP contribution is -1.97. The average molecular weight is 165 g/mol. The Morgan fingerprint density at radius 3 is 2.42 bits per heavy atom. The van der Waals surface area contributed by atoms with Gasteiger partial charge in [0, 0.05) is 6.21 Å². The lowest BCUT2D eigenvalue weighted by Gasteiger charge is -2.06. The third kappa shape index (κ3) is 4.89. The summed E-state index contributed by atoms with van der Waals surface area (Å²) < 4.78 is 0. The Morgan fingerprint density at radius 2 is 2.00 bits per heavy atom. The number of nitrogens with zero attached hydrogens (tertiary/aromatic N) is 1. The van der Waals surface area contributed by atoms with Crippen LogP contribution >= 0.6 is 0 Å². The summed E-state index contributed by atoms with van der Waals surface area (Å²) in [5.74, 6) is 0.609. The number of hydrogen-bond acceptors (Lipinski definition) is 1. The smallest absolute Gasteiger partial charge is 0.0602 e. The maximum absolute atomic E-state index is 4.27. The average Bonchev–Trinajstić information content (AvgIpc) is 2.04. The van der Waals surface area contributed by atoms with Gasteiger partial charge >= 0.3 is 0 Å². The molecule has 0 aliphatic heterocycles. The van der Waals surface area contributed by atoms with Crippen molar-refractivity contribution in [1.82, 2.24) is 0 Å². The maximum Gasteiger partial charge on any atom is 0.0602 e. The standard InChI is InChI=1S/C11H19N/c1-5-7-8-12-9-11(6-2)10(3)4/h5-8,10H,9H2,1-4H3/b7-5-,11-6+,12-8-. The zero-order valence-electron chi connectivity index (χ0n) is 8.54. The first-order chi connectivity index (χ1) is 5.72. The highest BCUT2D eigenvalue weighted by molar-refractivity contribution is 5.70. The van der Waals surface area contributed by atoms with Crippen LogP contribution in [-0.4, -0.2) is 12.8 Å². The molecule has 0 heterocycles. The van der Waals surface area contributed by atoms with Gasteiger partial charge in [-0.3, -0.25) is 4.99 Å². The number of aliphatic imine (C=N–C) groups is 1. The molecule has 0 aromatic carbocycles. The van der Waals surface area contributed by atoms with Crippen molar-refractivity contribution in [2.45, 2.75) is 27.7 Å². The number of allylic oxidation sites excluding steroid dienone is 3. The molecule has 0 atom stereocenters. The molecule has 12 heavy (non-hydrogen) atoms. The maximum atomic E-state index is 4.27. The van der Waals surface area contributed by atoms with E-state index in [9.17, 15) is 0 Å². The summed E-state index contributed by atoms with van der Waals surface area (Å²) in [6, 6.07) is 0. The summed E-state index contributed by atoms with van der Waals surface area (Å²) in [6.45, 7) is 9.28. The van der Waals surface area contributed by atoms with Crippen molar-refractivity contribution in [3.05, 3.63) is 23.8 Å². The molecule has 0 radical (unpaired) electrons. The summed E-state index contributed by atoms with van der Waals surface area (Å²) in [5, 5.41) is 0. The van der Waals surface area contributed by atoms with E-state index < -0.39 is 0 Å². The van der Waals surface area contributed by atoms with Crippen molar-refractivity contribution in [2.24, 2.45) is 10.9 Å². The van der Waals surface area contributed by atoms with Gasteiger partial charge in [0.15, 0.2) is 0 Å². The van der Waals surface area contributed by atoms with Crippen LogP contribution in [0.15, 0.2) is 28.8 Å². The minimum absolute atomic E-state index is 0.609. The van der Waals surface area contributed by atoms with Crippen LogP contribution in [0.2, 0.25) is 0 Å². The summed E-state index contributed by atoms with van der Waals surface area (Å²) in [4.78, 5) is 4.27. The highest BCUT2D eigenvalue weighted by Gasteiger charge is 1.98. The number of hydrogen-bond donors (Lipinski definition) is 0. The highest BCUT2D eigenvalue weighted by Crippen LogP contribution is 2.08. The summed E-state index contributed by atoms with van der Waals surface area (Å²) >= 11 is 0. The second kappa shape index (κ2) is 6.84. The van der Waals surface area contributed by atoms with Crippen LogP contribution < -0.4 is 0 Å². The van der Waals surface area contributed by atoms with E-state index in [-0.39, 0.29) is 0 Å². The molecule has 1 nitrogen and oxygen atoms in total. The summed E-state index contributed by atoms with van der Waals surface area (Å²) in [7, 11) is 0. The fraction of sp³-hybridized carbons (Fsp3) is 0.545. The van der Waals surface area contributed by atoms with E-state index in [1.54, 1.807) is 0 Å². The topological polar surface area (TPSA) is 12.4 Å². The van der Waals surface area contributed by atoms with Gasteiger partial charge in [0.2, 0.25) is 0 Å². The van der Waals surface area contributed by atoms with Gasteiger partial charge in [-0.05, 0) is 25.8 Å². The molecule has 0 N–H and O–H groups in total. The van der Waals surface area contributed by atoms with Crippen LogP contribution in [0.4, 0.5) is 0 Å². The molecule has 0 saturated heterocycles. The molecular weight excluding hydrogens is 146 g/mol. The van der Waals surface area contributed by atoms with Gasteiger partial charge < -0.3 is 0 Å². The molecule has 0 fully saturated rings. The zero-order valence-corrected chi connectivity index (χ0v) is 8.54. The van der Waals surface area contributed by atoms with E-state index in [2.05, 4.69) is 31.8 Å². The van der Waals surface area contributed by atoms with Crippen molar-refractivity contribution < 1.29 is 0 Å². The van der Waals surface area contributed by atoms with Crippen LogP contribution in [-0.2, 0) is 0 Å². The lowest BCUT2D eigenvalue weighted by atomic mass is 10.0. The minimum Gasteiger partial charge on any atom is -0.289 e. The fourth-order valence-electron chi connectivity index (χ4n) is 0.912. The minimum atomic E-state index is 0.609. The molecule has 0 spiro atoms. The third-order valence-corrected chi connectivity index (χ3v) is 1.77. The molecule has 0 unspecified atom stereocenters. The van der Waals surface area contributed by atoms with Gasteiger partial charge in [-0.2, -0.15) is 0 Å². The molecule has 0 rings (SSSR count). The Hall–Kier alpha value is -0.850. The van der Waals surface area contributed by atoms with Gasteiger partial charge in [-0.15, -0.1) is 0 Å². The normalized spacial score (nSPS) is 13.9. The molecule has 0 saturated carbocycles. The van der Waals surface area contributed by atoms with E-state index >= 15 is 0 Å². The van der Waals surface area contributed by atoms with Crippen molar-refractivity contribution in [1.29, 1.82) is 0 Å². The molecule has 0 aromatic rings. The van der Waals surface area contributed by atoms with Crippen LogP contribution in [0.25, 0.3) is 0 Å². The molecular formula is C11H19N. The van der Waals surface area contributed by atoms with Crippen molar-refractivity contribution in [3.8, 4) is 0 Å². The van der Waals surface area contributed by atoms with Crippen LogP contribution in [0.3, 0.4) is 0 Å². The van der Waals surface area contributed by atoms with Crippen LogP contribution in [0, 0.1) is 5.92 Å². The SMILES string of the molecule is C/C=C\C=N/C/C(=C\C)C(C)C. The quantitative estimate of drug-likeness (QED) is 0.448. The van der Waals surface area contributed by atoms with E-state index in [0.29, 0.717) is 5.92 Å². The van der Waals surface area contributed by atoms with Crippen molar-refractivity contribution >= 4 is 6.21 Å². The Kier molecular flexibility index (Phi) is 6.35. The Labute approximate surface area is 75.9 Å². The van der Waals surface area contributed by atoms with Gasteiger partial charge in [0.1, 0.15) is 0 Å². The van der Waals surface area contributed by atoms with E-state index in [1.165, 1.54) is 5.57 Å². The van der Waals surface area contributed by atoms with Crippen molar-refractivity contribution in [2.75, 3.05) is 6.54 Å². The van der Waals surface area contributed by atoms with Gasteiger partial charge in [0.25, 0.3) is 0 Å². The molecule has 68 valence electrons. The van der Waals surface area contributed by atoms with Gasteiger partial charge in [-0.1, -0.05) is 31.6 Å². The predicted molar refractivity (Wildman–Crippen MR) is 56.8 cm³/mol. The Morgan fingerprint density at radius 1 is 1.33 bits per heavy atom. The van der Waals surface area contributed by atoms with Gasteiger partial charge in [0.05, 0.1) is 6.54 Å². The predicted octanol–water partition coefficient (Wildman–Crippen LogP) is 3.24. The molecule has 0 aliphatic rings. The molecule has 0 aromatic heterocycles.